The molecule has 0 saturated carbocycles. The molecule has 0 bridgehead atoms. The SMILES string of the molecule is CCNC(=O)[C@H](C)NC(=O)CSc1nnc2n1CCCCC2. The molecule has 0 spiro atoms. The highest BCUT2D eigenvalue weighted by molar-refractivity contribution is 7.99. The van der Waals surface area contributed by atoms with Gasteiger partial charge in [-0.2, -0.15) is 0 Å². The molecule has 1 aliphatic heterocycles. The van der Waals surface area contributed by atoms with Crippen LogP contribution in [-0.4, -0.2) is 44.9 Å². The number of nitrogens with one attached hydrogen (secondary N) is 2. The largest absolute Gasteiger partial charge is 0.355 e. The molecule has 1 aromatic heterocycles. The van der Waals surface area contributed by atoms with E-state index in [0.29, 0.717) is 6.54 Å². The first kappa shape index (κ1) is 16.8. The van der Waals surface area contributed by atoms with Crippen molar-refractivity contribution in [1.82, 2.24) is 25.4 Å². The summed E-state index contributed by atoms with van der Waals surface area (Å²) in [5.41, 5.74) is 0. The minimum absolute atomic E-state index is 0.169. The quantitative estimate of drug-likeness (QED) is 0.753. The fraction of sp³-hybridized carbons (Fsp3) is 0.714. The number of aromatic nitrogens is 3. The number of thioether (sulfide) groups is 1. The van der Waals surface area contributed by atoms with Crippen LogP contribution in [0.3, 0.4) is 0 Å². The highest BCUT2D eigenvalue weighted by Gasteiger charge is 2.18. The number of likely N-dealkylation sites (N-methyl/N-ethyl adjacent to an activating group) is 1. The summed E-state index contributed by atoms with van der Waals surface area (Å²) in [7, 11) is 0. The molecule has 1 atom stereocenters. The molecule has 0 unspecified atom stereocenters. The van der Waals surface area contributed by atoms with Gasteiger partial charge in [-0.1, -0.05) is 18.2 Å². The Morgan fingerprint density at radius 1 is 1.32 bits per heavy atom. The number of carbonyl (C=O) groups excluding carboxylic acids is 2. The van der Waals surface area contributed by atoms with Crippen LogP contribution in [0.15, 0.2) is 5.16 Å². The molecule has 8 heteroatoms. The van der Waals surface area contributed by atoms with Gasteiger partial charge >= 0.3 is 0 Å². The van der Waals surface area contributed by atoms with Crippen molar-refractivity contribution >= 4 is 23.6 Å². The second-order valence-electron chi connectivity index (χ2n) is 5.33. The summed E-state index contributed by atoms with van der Waals surface area (Å²) in [6, 6.07) is -0.524. The molecule has 2 N–H and O–H groups in total. The minimum atomic E-state index is -0.524. The van der Waals surface area contributed by atoms with Crippen LogP contribution in [0.4, 0.5) is 0 Å². The van der Waals surface area contributed by atoms with Crippen molar-refractivity contribution in [2.75, 3.05) is 12.3 Å². The van der Waals surface area contributed by atoms with Gasteiger partial charge in [0.15, 0.2) is 5.16 Å². The predicted octanol–water partition coefficient (Wildman–Crippen LogP) is 0.737. The van der Waals surface area contributed by atoms with E-state index in [2.05, 4.69) is 25.4 Å². The van der Waals surface area contributed by atoms with E-state index in [1.807, 2.05) is 6.92 Å². The first-order valence-corrected chi connectivity index (χ1v) is 8.72. The van der Waals surface area contributed by atoms with Crippen molar-refractivity contribution in [2.45, 2.75) is 57.3 Å². The lowest BCUT2D eigenvalue weighted by Gasteiger charge is -2.13. The Balaban J connectivity index is 1.84. The van der Waals surface area contributed by atoms with Gasteiger partial charge in [-0.25, -0.2) is 0 Å². The summed E-state index contributed by atoms with van der Waals surface area (Å²) in [5, 5.41) is 14.5. The highest BCUT2D eigenvalue weighted by Crippen LogP contribution is 2.21. The Labute approximate surface area is 134 Å². The third-order valence-electron chi connectivity index (χ3n) is 3.53. The lowest BCUT2D eigenvalue weighted by Crippen LogP contribution is -2.45. The molecule has 0 fully saturated rings. The fourth-order valence-electron chi connectivity index (χ4n) is 2.37. The Bertz CT molecular complexity index is 531. The number of carbonyl (C=O) groups is 2. The predicted molar refractivity (Wildman–Crippen MR) is 84.6 cm³/mol. The van der Waals surface area contributed by atoms with E-state index in [1.54, 1.807) is 6.92 Å². The molecular weight excluding hydrogens is 302 g/mol. The number of amides is 2. The van der Waals surface area contributed by atoms with Crippen molar-refractivity contribution < 1.29 is 9.59 Å². The highest BCUT2D eigenvalue weighted by atomic mass is 32.2. The Morgan fingerprint density at radius 2 is 2.14 bits per heavy atom. The van der Waals surface area contributed by atoms with Gasteiger partial charge in [0.1, 0.15) is 11.9 Å². The molecule has 2 rings (SSSR count). The molecule has 22 heavy (non-hydrogen) atoms. The third-order valence-corrected chi connectivity index (χ3v) is 4.50. The van der Waals surface area contributed by atoms with Gasteiger partial charge < -0.3 is 15.2 Å². The topological polar surface area (TPSA) is 88.9 Å². The van der Waals surface area contributed by atoms with Crippen LogP contribution in [0.25, 0.3) is 0 Å². The maximum atomic E-state index is 11.9. The average molecular weight is 325 g/mol. The number of hydrogen-bond acceptors (Lipinski definition) is 5. The van der Waals surface area contributed by atoms with Gasteiger partial charge in [0.25, 0.3) is 0 Å². The summed E-state index contributed by atoms with van der Waals surface area (Å²) in [4.78, 5) is 23.5. The van der Waals surface area contributed by atoms with Gasteiger partial charge in [-0.15, -0.1) is 10.2 Å². The Hall–Kier alpha value is -1.57. The Kier molecular flexibility index (Phi) is 6.23. The van der Waals surface area contributed by atoms with Crippen LogP contribution in [0, 0.1) is 0 Å². The number of rotatable bonds is 6. The van der Waals surface area contributed by atoms with Gasteiger partial charge in [0, 0.05) is 19.5 Å². The number of aryl methyl sites for hydroxylation is 1. The summed E-state index contributed by atoms with van der Waals surface area (Å²) in [5.74, 6) is 0.907. The average Bonchev–Trinajstić information content (AvgIpc) is 2.72. The molecule has 0 saturated heterocycles. The lowest BCUT2D eigenvalue weighted by molar-refractivity contribution is -0.127. The van der Waals surface area contributed by atoms with Crippen LogP contribution >= 0.6 is 11.8 Å². The van der Waals surface area contributed by atoms with Gasteiger partial charge in [-0.3, -0.25) is 9.59 Å². The smallest absolute Gasteiger partial charge is 0.242 e. The van der Waals surface area contributed by atoms with Crippen molar-refractivity contribution in [3.8, 4) is 0 Å². The molecule has 1 aliphatic rings. The maximum absolute atomic E-state index is 11.9. The standard InChI is InChI=1S/C14H23N5O2S/c1-3-15-13(21)10(2)16-12(20)9-22-14-18-17-11-7-5-4-6-8-19(11)14/h10H,3-9H2,1-2H3,(H,15,21)(H,16,20)/t10-/m0/s1. The minimum Gasteiger partial charge on any atom is -0.355 e. The Morgan fingerprint density at radius 3 is 2.91 bits per heavy atom. The first-order valence-electron chi connectivity index (χ1n) is 7.73. The third kappa shape index (κ3) is 4.46. The molecule has 1 aromatic rings. The first-order chi connectivity index (χ1) is 10.6. The van der Waals surface area contributed by atoms with Gasteiger partial charge in [0.2, 0.25) is 11.8 Å². The molecule has 7 nitrogen and oxygen atoms in total. The van der Waals surface area contributed by atoms with Crippen molar-refractivity contribution in [3.05, 3.63) is 5.82 Å². The van der Waals surface area contributed by atoms with E-state index in [-0.39, 0.29) is 17.6 Å². The number of nitrogens with zero attached hydrogens (tertiary/aromatic N) is 3. The van der Waals surface area contributed by atoms with E-state index in [0.717, 1.165) is 36.8 Å². The number of fused-ring (bicyclic) bond motifs is 1. The van der Waals surface area contributed by atoms with Gasteiger partial charge in [0.05, 0.1) is 5.75 Å². The molecule has 0 radical (unpaired) electrons. The van der Waals surface area contributed by atoms with E-state index in [1.165, 1.54) is 18.2 Å². The molecule has 2 heterocycles. The zero-order valence-electron chi connectivity index (χ0n) is 13.1. The van der Waals surface area contributed by atoms with E-state index < -0.39 is 6.04 Å². The van der Waals surface area contributed by atoms with E-state index in [4.69, 9.17) is 0 Å². The molecule has 122 valence electrons. The summed E-state index contributed by atoms with van der Waals surface area (Å²) >= 11 is 1.37. The summed E-state index contributed by atoms with van der Waals surface area (Å²) in [6.45, 7) is 5.00. The maximum Gasteiger partial charge on any atom is 0.242 e. The van der Waals surface area contributed by atoms with Crippen LogP contribution < -0.4 is 10.6 Å². The van der Waals surface area contributed by atoms with Crippen LogP contribution in [0.2, 0.25) is 0 Å². The molecule has 0 aromatic carbocycles. The monoisotopic (exact) mass is 325 g/mol. The van der Waals surface area contributed by atoms with Crippen LogP contribution in [0.5, 0.6) is 0 Å². The van der Waals surface area contributed by atoms with Crippen molar-refractivity contribution in [1.29, 1.82) is 0 Å². The molecular formula is C14H23N5O2S. The molecule has 2 amide bonds. The van der Waals surface area contributed by atoms with E-state index in [9.17, 15) is 9.59 Å². The van der Waals surface area contributed by atoms with Crippen molar-refractivity contribution in [2.24, 2.45) is 0 Å². The van der Waals surface area contributed by atoms with Crippen LogP contribution in [-0.2, 0) is 22.6 Å². The lowest BCUT2D eigenvalue weighted by atomic mass is 10.2. The van der Waals surface area contributed by atoms with Crippen molar-refractivity contribution in [3.63, 3.8) is 0 Å². The zero-order chi connectivity index (χ0) is 15.9. The van der Waals surface area contributed by atoms with Crippen LogP contribution in [0.1, 0.15) is 38.9 Å². The summed E-state index contributed by atoms with van der Waals surface area (Å²) < 4.78 is 2.11. The summed E-state index contributed by atoms with van der Waals surface area (Å²) in [6.07, 6.45) is 4.43. The van der Waals surface area contributed by atoms with Gasteiger partial charge in [-0.05, 0) is 26.7 Å². The fourth-order valence-corrected chi connectivity index (χ4v) is 3.17. The zero-order valence-corrected chi connectivity index (χ0v) is 13.9. The number of hydrogen-bond donors (Lipinski definition) is 2. The normalized spacial score (nSPS) is 15.5. The second kappa shape index (κ2) is 8.17. The van der Waals surface area contributed by atoms with E-state index >= 15 is 0 Å². The second-order valence-corrected chi connectivity index (χ2v) is 6.28. The molecule has 0 aliphatic carbocycles.